The van der Waals surface area contributed by atoms with Crippen molar-refractivity contribution in [2.75, 3.05) is 25.6 Å². The van der Waals surface area contributed by atoms with Crippen LogP contribution in [0.5, 0.6) is 0 Å². The molecule has 1 unspecified atom stereocenters. The fraction of sp³-hybridized carbons (Fsp3) is 0.667. The fourth-order valence-corrected chi connectivity index (χ4v) is 2.16. The van der Waals surface area contributed by atoms with Crippen molar-refractivity contribution in [2.45, 2.75) is 25.4 Å². The van der Waals surface area contributed by atoms with Gasteiger partial charge in [-0.3, -0.25) is 4.79 Å². The summed E-state index contributed by atoms with van der Waals surface area (Å²) in [6.07, 6.45) is 9.14. The van der Waals surface area contributed by atoms with Gasteiger partial charge >= 0.3 is 0 Å². The lowest BCUT2D eigenvalue weighted by molar-refractivity contribution is -0.131. The molecule has 1 aromatic rings. The molecule has 0 saturated carbocycles. The molecule has 0 spiro atoms. The van der Waals surface area contributed by atoms with Gasteiger partial charge in [0.1, 0.15) is 0 Å². The van der Waals surface area contributed by atoms with Gasteiger partial charge < -0.3 is 15.2 Å². The van der Waals surface area contributed by atoms with Crippen LogP contribution in [0.1, 0.15) is 12.8 Å². The van der Waals surface area contributed by atoms with Crippen LogP contribution in [0.25, 0.3) is 0 Å². The summed E-state index contributed by atoms with van der Waals surface area (Å²) >= 11 is 1.71. The van der Waals surface area contributed by atoms with Crippen LogP contribution in [0.3, 0.4) is 0 Å². The fourth-order valence-electron chi connectivity index (χ4n) is 1.67. The third-order valence-corrected chi connectivity index (χ3v) is 3.44. The zero-order valence-corrected chi connectivity index (χ0v) is 13.1. The molecule has 1 aromatic heterocycles. The van der Waals surface area contributed by atoms with Gasteiger partial charge in [-0.15, -0.1) is 12.4 Å². The van der Waals surface area contributed by atoms with Gasteiger partial charge in [0.25, 0.3) is 0 Å². The molecular formula is C12H23ClN4OS. The highest BCUT2D eigenvalue weighted by atomic mass is 35.5. The summed E-state index contributed by atoms with van der Waals surface area (Å²) in [5.41, 5.74) is 5.85. The van der Waals surface area contributed by atoms with E-state index < -0.39 is 0 Å². The normalized spacial score (nSPS) is 11.7. The number of halogens is 1. The molecule has 2 N–H and O–H groups in total. The maximum atomic E-state index is 11.9. The Balaban J connectivity index is 0.00000324. The minimum atomic E-state index is -0.365. The number of hydrogen-bond acceptors (Lipinski definition) is 4. The third-order valence-electron chi connectivity index (χ3n) is 2.80. The van der Waals surface area contributed by atoms with Crippen molar-refractivity contribution in [3.05, 3.63) is 18.7 Å². The van der Waals surface area contributed by atoms with Crippen LogP contribution in [-0.4, -0.2) is 52.0 Å². The third kappa shape index (κ3) is 6.84. The van der Waals surface area contributed by atoms with E-state index in [0.717, 1.165) is 31.7 Å². The van der Waals surface area contributed by atoms with E-state index in [9.17, 15) is 4.79 Å². The van der Waals surface area contributed by atoms with Crippen molar-refractivity contribution in [2.24, 2.45) is 5.73 Å². The van der Waals surface area contributed by atoms with Crippen LogP contribution in [0.15, 0.2) is 18.7 Å². The van der Waals surface area contributed by atoms with Crippen LogP contribution >= 0.6 is 24.2 Å². The maximum absolute atomic E-state index is 11.9. The standard InChI is InChI=1S/C12H22N4OS.ClH/c1-15(12(17)11(13)4-9-18-2)6-3-7-16-8-5-14-10-16;/h5,8,10-11H,3-4,6-7,9,13H2,1-2H3;1H. The number of carbonyl (C=O) groups excluding carboxylic acids is 1. The molecule has 1 atom stereocenters. The van der Waals surface area contributed by atoms with Crippen LogP contribution in [-0.2, 0) is 11.3 Å². The van der Waals surface area contributed by atoms with Gasteiger partial charge in [0.2, 0.25) is 5.91 Å². The first kappa shape index (κ1) is 18.3. The van der Waals surface area contributed by atoms with Gasteiger partial charge in [-0.1, -0.05) is 0 Å². The van der Waals surface area contributed by atoms with E-state index in [1.807, 2.05) is 24.1 Å². The summed E-state index contributed by atoms with van der Waals surface area (Å²) < 4.78 is 2.01. The lowest BCUT2D eigenvalue weighted by Crippen LogP contribution is -2.42. The van der Waals surface area contributed by atoms with Crippen LogP contribution in [0, 0.1) is 0 Å². The number of aryl methyl sites for hydroxylation is 1. The molecule has 1 heterocycles. The first-order valence-corrected chi connectivity index (χ1v) is 7.49. The number of carbonyl (C=O) groups is 1. The van der Waals surface area contributed by atoms with Crippen molar-refractivity contribution in [3.8, 4) is 0 Å². The Bertz CT molecular complexity index is 348. The monoisotopic (exact) mass is 306 g/mol. The first-order chi connectivity index (χ1) is 8.65. The predicted octanol–water partition coefficient (Wildman–Crippen LogP) is 1.23. The lowest BCUT2D eigenvalue weighted by atomic mass is 10.2. The van der Waals surface area contributed by atoms with E-state index in [0.29, 0.717) is 0 Å². The summed E-state index contributed by atoms with van der Waals surface area (Å²) in [4.78, 5) is 17.6. The van der Waals surface area contributed by atoms with Crippen molar-refractivity contribution in [1.82, 2.24) is 14.5 Å². The van der Waals surface area contributed by atoms with E-state index in [1.54, 1.807) is 29.2 Å². The summed E-state index contributed by atoms with van der Waals surface area (Å²) in [6.45, 7) is 1.60. The zero-order valence-electron chi connectivity index (χ0n) is 11.5. The highest BCUT2D eigenvalue weighted by molar-refractivity contribution is 7.98. The molecule has 0 aliphatic carbocycles. The molecule has 1 amide bonds. The van der Waals surface area contributed by atoms with Gasteiger partial charge in [-0.05, 0) is 24.9 Å². The van der Waals surface area contributed by atoms with Crippen LogP contribution in [0.4, 0.5) is 0 Å². The van der Waals surface area contributed by atoms with Crippen LogP contribution < -0.4 is 5.73 Å². The van der Waals surface area contributed by atoms with Gasteiger partial charge in [0.15, 0.2) is 0 Å². The second-order valence-electron chi connectivity index (χ2n) is 4.30. The van der Waals surface area contributed by atoms with E-state index in [1.165, 1.54) is 0 Å². The van der Waals surface area contributed by atoms with Gasteiger partial charge in [0.05, 0.1) is 12.4 Å². The molecule has 19 heavy (non-hydrogen) atoms. The molecule has 0 aliphatic heterocycles. The minimum absolute atomic E-state index is 0. The highest BCUT2D eigenvalue weighted by Gasteiger charge is 2.16. The molecule has 0 radical (unpaired) electrons. The average Bonchev–Trinajstić information content (AvgIpc) is 2.87. The number of likely N-dealkylation sites (N-methyl/N-ethyl adjacent to an activating group) is 1. The number of rotatable bonds is 8. The number of hydrogen-bond donors (Lipinski definition) is 1. The summed E-state index contributed by atoms with van der Waals surface area (Å²) in [7, 11) is 1.81. The Kier molecular flexibility index (Phi) is 9.73. The molecule has 110 valence electrons. The van der Waals surface area contributed by atoms with Crippen molar-refractivity contribution in [3.63, 3.8) is 0 Å². The van der Waals surface area contributed by atoms with E-state index in [2.05, 4.69) is 4.98 Å². The Morgan fingerprint density at radius 3 is 2.89 bits per heavy atom. The molecule has 0 saturated heterocycles. The van der Waals surface area contributed by atoms with Crippen LogP contribution in [0.2, 0.25) is 0 Å². The number of imidazole rings is 1. The largest absolute Gasteiger partial charge is 0.344 e. The summed E-state index contributed by atoms with van der Waals surface area (Å²) in [6, 6.07) is -0.365. The van der Waals surface area contributed by atoms with E-state index in [4.69, 9.17) is 5.73 Å². The van der Waals surface area contributed by atoms with Gasteiger partial charge in [0, 0.05) is 32.5 Å². The SMILES string of the molecule is CSCCC(N)C(=O)N(C)CCCn1ccnc1.Cl. The van der Waals surface area contributed by atoms with E-state index in [-0.39, 0.29) is 24.4 Å². The summed E-state index contributed by atoms with van der Waals surface area (Å²) in [5, 5.41) is 0. The number of nitrogens with two attached hydrogens (primary N) is 1. The zero-order chi connectivity index (χ0) is 13.4. The highest BCUT2D eigenvalue weighted by Crippen LogP contribution is 2.02. The quantitative estimate of drug-likeness (QED) is 0.785. The second kappa shape index (κ2) is 10.1. The smallest absolute Gasteiger partial charge is 0.239 e. The van der Waals surface area contributed by atoms with Gasteiger partial charge in [-0.2, -0.15) is 11.8 Å². The Morgan fingerprint density at radius 1 is 1.58 bits per heavy atom. The molecule has 5 nitrogen and oxygen atoms in total. The molecular weight excluding hydrogens is 284 g/mol. The molecule has 7 heteroatoms. The second-order valence-corrected chi connectivity index (χ2v) is 5.29. The molecule has 0 aromatic carbocycles. The molecule has 0 aliphatic rings. The number of thioether (sulfide) groups is 1. The van der Waals surface area contributed by atoms with Crippen molar-refractivity contribution >= 4 is 30.1 Å². The number of nitrogens with zero attached hydrogens (tertiary/aromatic N) is 3. The lowest BCUT2D eigenvalue weighted by Gasteiger charge is -2.21. The molecule has 0 bridgehead atoms. The molecule has 0 fully saturated rings. The number of amides is 1. The first-order valence-electron chi connectivity index (χ1n) is 6.10. The average molecular weight is 307 g/mol. The maximum Gasteiger partial charge on any atom is 0.239 e. The number of aromatic nitrogens is 2. The van der Waals surface area contributed by atoms with E-state index >= 15 is 0 Å². The predicted molar refractivity (Wildman–Crippen MR) is 82.7 cm³/mol. The Hall–Kier alpha value is -0.720. The van der Waals surface area contributed by atoms with Crippen molar-refractivity contribution in [1.29, 1.82) is 0 Å². The van der Waals surface area contributed by atoms with Crippen molar-refractivity contribution < 1.29 is 4.79 Å². The molecule has 1 rings (SSSR count). The minimum Gasteiger partial charge on any atom is -0.344 e. The van der Waals surface area contributed by atoms with Gasteiger partial charge in [-0.25, -0.2) is 4.98 Å². The Labute approximate surface area is 125 Å². The Morgan fingerprint density at radius 2 is 2.32 bits per heavy atom. The summed E-state index contributed by atoms with van der Waals surface area (Å²) in [5.74, 6) is 0.963. The topological polar surface area (TPSA) is 64.2 Å².